The quantitative estimate of drug-likeness (QED) is 0.721. The Labute approximate surface area is 140 Å². The molecule has 1 aliphatic rings. The molecule has 1 saturated heterocycles. The number of fused-ring (bicyclic) bond motifs is 1. The summed E-state index contributed by atoms with van der Waals surface area (Å²) in [6.07, 6.45) is 5.28. The molecule has 126 valence electrons. The van der Waals surface area contributed by atoms with E-state index in [2.05, 4.69) is 40.9 Å². The molecule has 0 spiro atoms. The van der Waals surface area contributed by atoms with Gasteiger partial charge in [0.15, 0.2) is 11.5 Å². The van der Waals surface area contributed by atoms with Crippen molar-refractivity contribution in [2.24, 2.45) is 0 Å². The summed E-state index contributed by atoms with van der Waals surface area (Å²) in [5, 5.41) is 13.5. The molecule has 0 aromatic carbocycles. The maximum atomic E-state index is 5.39. The average molecular weight is 326 g/mol. The van der Waals surface area contributed by atoms with Crippen molar-refractivity contribution in [1.82, 2.24) is 24.8 Å². The van der Waals surface area contributed by atoms with Crippen LogP contribution in [0.25, 0.3) is 5.65 Å². The SMILES string of the molecule is CC(C)(C)c1ccc2nnc(C3CCN(c4ncco4)CC3)n2n1. The van der Waals surface area contributed by atoms with E-state index in [1.54, 1.807) is 12.5 Å². The molecule has 0 saturated carbocycles. The van der Waals surface area contributed by atoms with Crippen molar-refractivity contribution in [1.29, 1.82) is 0 Å². The minimum Gasteiger partial charge on any atom is -0.432 e. The van der Waals surface area contributed by atoms with Crippen molar-refractivity contribution in [3.63, 3.8) is 0 Å². The van der Waals surface area contributed by atoms with Gasteiger partial charge in [0.25, 0.3) is 6.01 Å². The second-order valence-corrected chi connectivity index (χ2v) is 7.37. The van der Waals surface area contributed by atoms with Crippen LogP contribution < -0.4 is 4.90 Å². The molecule has 3 aromatic rings. The second kappa shape index (κ2) is 5.58. The molecule has 1 aliphatic heterocycles. The number of hydrogen-bond donors (Lipinski definition) is 0. The molecule has 0 atom stereocenters. The average Bonchev–Trinajstić information content (AvgIpc) is 3.23. The van der Waals surface area contributed by atoms with Gasteiger partial charge in [-0.3, -0.25) is 0 Å². The van der Waals surface area contributed by atoms with Crippen LogP contribution in [-0.2, 0) is 5.41 Å². The van der Waals surface area contributed by atoms with Crippen molar-refractivity contribution >= 4 is 11.7 Å². The lowest BCUT2D eigenvalue weighted by atomic mass is 9.92. The summed E-state index contributed by atoms with van der Waals surface area (Å²) in [7, 11) is 0. The molecule has 0 bridgehead atoms. The normalized spacial score (nSPS) is 16.9. The smallest absolute Gasteiger partial charge is 0.297 e. The lowest BCUT2D eigenvalue weighted by Gasteiger charge is -2.29. The molecule has 3 aromatic heterocycles. The molecule has 7 heteroatoms. The largest absolute Gasteiger partial charge is 0.432 e. The van der Waals surface area contributed by atoms with Crippen molar-refractivity contribution in [3.05, 3.63) is 36.1 Å². The Bertz CT molecular complexity index is 825. The van der Waals surface area contributed by atoms with Gasteiger partial charge in [-0.2, -0.15) is 9.61 Å². The van der Waals surface area contributed by atoms with E-state index >= 15 is 0 Å². The van der Waals surface area contributed by atoms with E-state index in [1.807, 2.05) is 16.6 Å². The predicted molar refractivity (Wildman–Crippen MR) is 90.2 cm³/mol. The van der Waals surface area contributed by atoms with E-state index in [4.69, 9.17) is 9.52 Å². The zero-order valence-electron chi connectivity index (χ0n) is 14.3. The van der Waals surface area contributed by atoms with Gasteiger partial charge in [0.05, 0.1) is 11.9 Å². The summed E-state index contributed by atoms with van der Waals surface area (Å²) in [5.41, 5.74) is 1.87. The molecule has 0 unspecified atom stereocenters. The minimum absolute atomic E-state index is 0.00402. The highest BCUT2D eigenvalue weighted by Gasteiger charge is 2.27. The number of hydrogen-bond acceptors (Lipinski definition) is 6. The summed E-state index contributed by atoms with van der Waals surface area (Å²) < 4.78 is 7.31. The Balaban J connectivity index is 1.58. The predicted octanol–water partition coefficient (Wildman–Crippen LogP) is 2.79. The van der Waals surface area contributed by atoms with Crippen LogP contribution in [-0.4, -0.2) is 37.9 Å². The van der Waals surface area contributed by atoms with Gasteiger partial charge in [-0.05, 0) is 25.0 Å². The molecule has 7 nitrogen and oxygen atoms in total. The van der Waals surface area contributed by atoms with Crippen LogP contribution in [0.2, 0.25) is 0 Å². The summed E-state index contributed by atoms with van der Waals surface area (Å²) in [6, 6.07) is 4.75. The van der Waals surface area contributed by atoms with Crippen molar-refractivity contribution in [2.45, 2.75) is 44.9 Å². The van der Waals surface area contributed by atoms with Crippen LogP contribution in [0.1, 0.15) is 51.0 Å². The van der Waals surface area contributed by atoms with E-state index in [-0.39, 0.29) is 5.41 Å². The lowest BCUT2D eigenvalue weighted by Crippen LogP contribution is -2.33. The zero-order valence-corrected chi connectivity index (χ0v) is 14.3. The third kappa shape index (κ3) is 2.64. The molecule has 0 radical (unpaired) electrons. The van der Waals surface area contributed by atoms with E-state index in [0.717, 1.165) is 43.1 Å². The first kappa shape index (κ1) is 15.1. The summed E-state index contributed by atoms with van der Waals surface area (Å²) in [5.74, 6) is 1.32. The molecule has 24 heavy (non-hydrogen) atoms. The molecule has 0 aliphatic carbocycles. The molecule has 1 fully saturated rings. The molecule has 4 rings (SSSR count). The van der Waals surface area contributed by atoms with Crippen molar-refractivity contribution in [2.75, 3.05) is 18.0 Å². The van der Waals surface area contributed by atoms with E-state index in [0.29, 0.717) is 11.9 Å². The Morgan fingerprint density at radius 1 is 1.12 bits per heavy atom. The fourth-order valence-electron chi connectivity index (χ4n) is 3.16. The highest BCUT2D eigenvalue weighted by atomic mass is 16.4. The fourth-order valence-corrected chi connectivity index (χ4v) is 3.16. The van der Waals surface area contributed by atoms with Crippen molar-refractivity contribution < 1.29 is 4.42 Å². The van der Waals surface area contributed by atoms with Gasteiger partial charge < -0.3 is 9.32 Å². The van der Waals surface area contributed by atoms with Gasteiger partial charge in [0.1, 0.15) is 6.26 Å². The third-order valence-corrected chi connectivity index (χ3v) is 4.61. The minimum atomic E-state index is 0.00402. The van der Waals surface area contributed by atoms with Crippen LogP contribution >= 0.6 is 0 Å². The second-order valence-electron chi connectivity index (χ2n) is 7.37. The number of rotatable bonds is 2. The fraction of sp³-hybridized carbons (Fsp3) is 0.529. The zero-order chi connectivity index (χ0) is 16.7. The topological polar surface area (TPSA) is 72.4 Å². The maximum absolute atomic E-state index is 5.39. The first-order valence-electron chi connectivity index (χ1n) is 8.39. The van der Waals surface area contributed by atoms with E-state index in [1.165, 1.54) is 0 Å². The van der Waals surface area contributed by atoms with Crippen molar-refractivity contribution in [3.8, 4) is 0 Å². The highest BCUT2D eigenvalue weighted by Crippen LogP contribution is 2.29. The highest BCUT2D eigenvalue weighted by molar-refractivity contribution is 5.38. The monoisotopic (exact) mass is 326 g/mol. The summed E-state index contributed by atoms with van der Waals surface area (Å²) in [4.78, 5) is 6.40. The third-order valence-electron chi connectivity index (χ3n) is 4.61. The van der Waals surface area contributed by atoms with Gasteiger partial charge in [-0.25, -0.2) is 4.98 Å². The van der Waals surface area contributed by atoms with Gasteiger partial charge in [0.2, 0.25) is 0 Å². The standard InChI is InChI=1S/C17H22N6O/c1-17(2,3)13-4-5-14-19-20-15(23(14)21-13)12-6-9-22(10-7-12)16-18-8-11-24-16/h4-5,8,11-12H,6-7,9-10H2,1-3H3. The van der Waals surface area contributed by atoms with Crippen LogP contribution in [0.3, 0.4) is 0 Å². The Morgan fingerprint density at radius 2 is 1.92 bits per heavy atom. The van der Waals surface area contributed by atoms with Gasteiger partial charge >= 0.3 is 0 Å². The Hall–Kier alpha value is -2.44. The molecule has 0 amide bonds. The number of aromatic nitrogens is 5. The number of anilines is 1. The summed E-state index contributed by atoms with van der Waals surface area (Å²) in [6.45, 7) is 8.30. The van der Waals surface area contributed by atoms with Gasteiger partial charge in [0, 0.05) is 24.4 Å². The molecular formula is C17H22N6O. The van der Waals surface area contributed by atoms with Gasteiger partial charge in [-0.15, -0.1) is 10.2 Å². The van der Waals surface area contributed by atoms with Crippen LogP contribution in [0.5, 0.6) is 0 Å². The number of oxazole rings is 1. The first-order chi connectivity index (χ1) is 11.5. The Morgan fingerprint density at radius 3 is 2.58 bits per heavy atom. The summed E-state index contributed by atoms with van der Waals surface area (Å²) >= 11 is 0. The lowest BCUT2D eigenvalue weighted by molar-refractivity contribution is 0.441. The van der Waals surface area contributed by atoms with Gasteiger partial charge in [-0.1, -0.05) is 20.8 Å². The van der Waals surface area contributed by atoms with Crippen LogP contribution in [0.15, 0.2) is 29.0 Å². The molecule has 4 heterocycles. The molecular weight excluding hydrogens is 304 g/mol. The Kier molecular flexibility index (Phi) is 3.51. The van der Waals surface area contributed by atoms with Crippen LogP contribution in [0.4, 0.5) is 6.01 Å². The maximum Gasteiger partial charge on any atom is 0.297 e. The molecule has 0 N–H and O–H groups in total. The van der Waals surface area contributed by atoms with E-state index < -0.39 is 0 Å². The van der Waals surface area contributed by atoms with Crippen LogP contribution in [0, 0.1) is 0 Å². The number of piperidine rings is 1. The van der Waals surface area contributed by atoms with E-state index in [9.17, 15) is 0 Å². The number of nitrogens with zero attached hydrogens (tertiary/aromatic N) is 6. The first-order valence-corrected chi connectivity index (χ1v) is 8.39.